The van der Waals surface area contributed by atoms with Crippen molar-refractivity contribution in [2.75, 3.05) is 13.2 Å². The highest BCUT2D eigenvalue weighted by Crippen LogP contribution is 2.30. The molecular weight excluding hydrogens is 150 g/mol. The fraction of sp³-hybridized carbons (Fsp3) is 1.00. The van der Waals surface area contributed by atoms with Gasteiger partial charge in [-0.25, -0.2) is 0 Å². The van der Waals surface area contributed by atoms with Crippen LogP contribution in [0.4, 0.5) is 0 Å². The van der Waals surface area contributed by atoms with Crippen LogP contribution in [-0.2, 0) is 4.74 Å². The summed E-state index contributed by atoms with van der Waals surface area (Å²) < 4.78 is 5.26. The molecule has 0 amide bonds. The third kappa shape index (κ3) is 3.11. The third-order valence-corrected chi connectivity index (χ3v) is 2.79. The topological polar surface area (TPSA) is 35.2 Å². The lowest BCUT2D eigenvalue weighted by Crippen LogP contribution is -2.34. The molecule has 0 heterocycles. The van der Waals surface area contributed by atoms with E-state index in [1.165, 1.54) is 19.3 Å². The van der Waals surface area contributed by atoms with Crippen LogP contribution in [-0.4, -0.2) is 19.3 Å². The van der Waals surface area contributed by atoms with Crippen LogP contribution in [0.15, 0.2) is 0 Å². The van der Waals surface area contributed by atoms with Crippen LogP contribution in [0.5, 0.6) is 0 Å². The number of hydrogen-bond donors (Lipinski definition) is 1. The molecule has 1 saturated carbocycles. The molecule has 0 aliphatic heterocycles. The predicted octanol–water partition coefficient (Wildman–Crippen LogP) is 1.93. The highest BCUT2D eigenvalue weighted by Gasteiger charge is 2.23. The SMILES string of the molecule is CCOCCCC(N)C1CCC1. The summed E-state index contributed by atoms with van der Waals surface area (Å²) in [5, 5.41) is 0. The quantitative estimate of drug-likeness (QED) is 0.620. The van der Waals surface area contributed by atoms with Crippen molar-refractivity contribution in [3.8, 4) is 0 Å². The van der Waals surface area contributed by atoms with Gasteiger partial charge in [-0.2, -0.15) is 0 Å². The lowest BCUT2D eigenvalue weighted by molar-refractivity contribution is 0.136. The largest absolute Gasteiger partial charge is 0.382 e. The van der Waals surface area contributed by atoms with E-state index in [9.17, 15) is 0 Å². The van der Waals surface area contributed by atoms with Crippen LogP contribution in [0.2, 0.25) is 0 Å². The van der Waals surface area contributed by atoms with E-state index in [4.69, 9.17) is 10.5 Å². The summed E-state index contributed by atoms with van der Waals surface area (Å²) in [5.74, 6) is 0.826. The number of ether oxygens (including phenoxy) is 1. The van der Waals surface area contributed by atoms with E-state index >= 15 is 0 Å². The second-order valence-electron chi connectivity index (χ2n) is 3.69. The molecule has 1 aliphatic rings. The molecule has 0 aromatic rings. The molecule has 72 valence electrons. The Hall–Kier alpha value is -0.0800. The van der Waals surface area contributed by atoms with Crippen LogP contribution < -0.4 is 5.73 Å². The monoisotopic (exact) mass is 171 g/mol. The fourth-order valence-corrected chi connectivity index (χ4v) is 1.67. The van der Waals surface area contributed by atoms with Gasteiger partial charge < -0.3 is 10.5 Å². The maximum Gasteiger partial charge on any atom is 0.0466 e. The van der Waals surface area contributed by atoms with E-state index in [1.54, 1.807) is 0 Å². The fourth-order valence-electron chi connectivity index (χ4n) is 1.67. The molecule has 1 unspecified atom stereocenters. The lowest BCUT2D eigenvalue weighted by Gasteiger charge is -2.31. The molecular formula is C10H21NO. The predicted molar refractivity (Wildman–Crippen MR) is 51.0 cm³/mol. The zero-order chi connectivity index (χ0) is 8.81. The Kier molecular flexibility index (Phi) is 4.62. The Morgan fingerprint density at radius 1 is 1.50 bits per heavy atom. The Morgan fingerprint density at radius 3 is 2.75 bits per heavy atom. The van der Waals surface area contributed by atoms with Crippen LogP contribution in [0.1, 0.15) is 39.0 Å². The van der Waals surface area contributed by atoms with Gasteiger partial charge in [0.1, 0.15) is 0 Å². The Labute approximate surface area is 75.5 Å². The van der Waals surface area contributed by atoms with Crippen molar-refractivity contribution < 1.29 is 4.74 Å². The summed E-state index contributed by atoms with van der Waals surface area (Å²) in [6, 6.07) is 0.444. The molecule has 2 nitrogen and oxygen atoms in total. The van der Waals surface area contributed by atoms with Gasteiger partial charge in [0.25, 0.3) is 0 Å². The van der Waals surface area contributed by atoms with Crippen LogP contribution in [0, 0.1) is 5.92 Å². The molecule has 12 heavy (non-hydrogen) atoms. The molecule has 1 rings (SSSR count). The number of hydrogen-bond acceptors (Lipinski definition) is 2. The smallest absolute Gasteiger partial charge is 0.0466 e. The van der Waals surface area contributed by atoms with Crippen molar-refractivity contribution in [1.29, 1.82) is 0 Å². The third-order valence-electron chi connectivity index (χ3n) is 2.79. The molecule has 0 aromatic heterocycles. The van der Waals surface area contributed by atoms with Crippen molar-refractivity contribution in [2.24, 2.45) is 11.7 Å². The van der Waals surface area contributed by atoms with Crippen molar-refractivity contribution in [3.05, 3.63) is 0 Å². The van der Waals surface area contributed by atoms with Gasteiger partial charge in [-0.15, -0.1) is 0 Å². The maximum atomic E-state index is 6.01. The van der Waals surface area contributed by atoms with Gasteiger partial charge in [-0.3, -0.25) is 0 Å². The van der Waals surface area contributed by atoms with Gasteiger partial charge in [0.15, 0.2) is 0 Å². The van der Waals surface area contributed by atoms with Gasteiger partial charge in [-0.1, -0.05) is 6.42 Å². The van der Waals surface area contributed by atoms with Gasteiger partial charge in [-0.05, 0) is 38.5 Å². The highest BCUT2D eigenvalue weighted by molar-refractivity contribution is 4.79. The summed E-state index contributed by atoms with van der Waals surface area (Å²) in [6.07, 6.45) is 6.38. The normalized spacial score (nSPS) is 20.5. The highest BCUT2D eigenvalue weighted by atomic mass is 16.5. The molecule has 0 saturated heterocycles. The summed E-state index contributed by atoms with van der Waals surface area (Å²) in [6.45, 7) is 3.75. The first-order chi connectivity index (χ1) is 5.84. The standard InChI is InChI=1S/C10H21NO/c1-2-12-8-4-7-10(11)9-5-3-6-9/h9-10H,2-8,11H2,1H3. The molecule has 0 spiro atoms. The van der Waals surface area contributed by atoms with E-state index in [2.05, 4.69) is 0 Å². The van der Waals surface area contributed by atoms with Crippen molar-refractivity contribution in [2.45, 2.75) is 45.1 Å². The molecule has 2 N–H and O–H groups in total. The van der Waals surface area contributed by atoms with Crippen LogP contribution >= 0.6 is 0 Å². The minimum absolute atomic E-state index is 0.444. The second-order valence-corrected chi connectivity index (χ2v) is 3.69. The average Bonchev–Trinajstić information content (AvgIpc) is 1.95. The lowest BCUT2D eigenvalue weighted by atomic mass is 9.79. The Morgan fingerprint density at radius 2 is 2.25 bits per heavy atom. The number of nitrogens with two attached hydrogens (primary N) is 1. The first kappa shape index (κ1) is 10.0. The summed E-state index contributed by atoms with van der Waals surface area (Å²) in [5.41, 5.74) is 6.01. The minimum Gasteiger partial charge on any atom is -0.382 e. The minimum atomic E-state index is 0.444. The van der Waals surface area contributed by atoms with Gasteiger partial charge >= 0.3 is 0 Å². The summed E-state index contributed by atoms with van der Waals surface area (Å²) in [7, 11) is 0. The van der Waals surface area contributed by atoms with E-state index < -0.39 is 0 Å². The zero-order valence-corrected chi connectivity index (χ0v) is 8.09. The first-order valence-corrected chi connectivity index (χ1v) is 5.18. The molecule has 1 aliphatic carbocycles. The molecule has 0 radical (unpaired) electrons. The first-order valence-electron chi connectivity index (χ1n) is 5.18. The second kappa shape index (κ2) is 5.55. The Balaban J connectivity index is 1.91. The van der Waals surface area contributed by atoms with Crippen molar-refractivity contribution in [1.82, 2.24) is 0 Å². The maximum absolute atomic E-state index is 6.01. The van der Waals surface area contributed by atoms with Crippen molar-refractivity contribution in [3.63, 3.8) is 0 Å². The van der Waals surface area contributed by atoms with Crippen LogP contribution in [0.3, 0.4) is 0 Å². The summed E-state index contributed by atoms with van der Waals surface area (Å²) in [4.78, 5) is 0. The molecule has 1 fully saturated rings. The van der Waals surface area contributed by atoms with Crippen LogP contribution in [0.25, 0.3) is 0 Å². The zero-order valence-electron chi connectivity index (χ0n) is 8.09. The average molecular weight is 171 g/mol. The van der Waals surface area contributed by atoms with Gasteiger partial charge in [0.05, 0.1) is 0 Å². The van der Waals surface area contributed by atoms with Crippen molar-refractivity contribution >= 4 is 0 Å². The number of rotatable bonds is 6. The van der Waals surface area contributed by atoms with Gasteiger partial charge in [0.2, 0.25) is 0 Å². The van der Waals surface area contributed by atoms with E-state index in [0.717, 1.165) is 32.0 Å². The van der Waals surface area contributed by atoms with E-state index in [1.807, 2.05) is 6.92 Å². The van der Waals surface area contributed by atoms with Gasteiger partial charge in [0, 0.05) is 19.3 Å². The molecule has 2 heteroatoms. The summed E-state index contributed by atoms with van der Waals surface area (Å²) >= 11 is 0. The Bertz CT molecular complexity index is 112. The van der Waals surface area contributed by atoms with E-state index in [0.29, 0.717) is 6.04 Å². The molecule has 0 aromatic carbocycles. The molecule has 0 bridgehead atoms. The molecule has 1 atom stereocenters. The van der Waals surface area contributed by atoms with E-state index in [-0.39, 0.29) is 0 Å².